The molecule has 0 aliphatic heterocycles. The summed E-state index contributed by atoms with van der Waals surface area (Å²) in [6, 6.07) is 19.0. The molecule has 5 rings (SSSR count). The Balaban J connectivity index is 1.69. The van der Waals surface area contributed by atoms with Crippen molar-refractivity contribution in [2.24, 2.45) is 5.92 Å². The molecule has 2 heterocycles. The maximum atomic E-state index is 13.9. The smallest absolute Gasteiger partial charge is 0.275 e. The molecule has 0 saturated heterocycles. The third-order valence-corrected chi connectivity index (χ3v) is 6.90. The molecule has 1 unspecified atom stereocenters. The number of benzene rings is 2. The van der Waals surface area contributed by atoms with E-state index in [1.54, 1.807) is 9.36 Å². The fourth-order valence-electron chi connectivity index (χ4n) is 5.19. The van der Waals surface area contributed by atoms with Gasteiger partial charge in [-0.1, -0.05) is 60.7 Å². The minimum Gasteiger partial charge on any atom is -0.295 e. The molecule has 2 aromatic heterocycles. The van der Waals surface area contributed by atoms with Gasteiger partial charge in [0.15, 0.2) is 0 Å². The van der Waals surface area contributed by atoms with Crippen molar-refractivity contribution in [3.05, 3.63) is 140 Å². The third-order valence-electron chi connectivity index (χ3n) is 6.90. The minimum atomic E-state index is -0.412. The minimum absolute atomic E-state index is 0.0450. The average molecular weight is 479 g/mol. The molecule has 1 aliphatic rings. The Morgan fingerprint density at radius 3 is 1.81 bits per heavy atom. The molecule has 182 valence electrons. The van der Waals surface area contributed by atoms with Crippen LogP contribution >= 0.6 is 0 Å². The van der Waals surface area contributed by atoms with Gasteiger partial charge in [-0.25, -0.2) is 9.36 Å². The highest BCUT2D eigenvalue weighted by Crippen LogP contribution is 2.37. The molecule has 0 saturated carbocycles. The van der Waals surface area contributed by atoms with Crippen LogP contribution in [0.15, 0.2) is 107 Å². The van der Waals surface area contributed by atoms with E-state index in [1.807, 2.05) is 80.6 Å². The van der Waals surface area contributed by atoms with Gasteiger partial charge in [0.1, 0.15) is 0 Å². The van der Waals surface area contributed by atoms with Crippen LogP contribution in [0.3, 0.4) is 0 Å². The highest BCUT2D eigenvalue weighted by atomic mass is 16.1. The van der Waals surface area contributed by atoms with Crippen molar-refractivity contribution >= 4 is 0 Å². The molecular formula is C30H30N4O2. The Hall–Kier alpha value is -4.32. The number of H-pyrrole nitrogens is 2. The fourth-order valence-corrected chi connectivity index (χ4v) is 5.19. The SMILES string of the molecule is C=CCC1=CCC(C(c2c(C)[nH]n(-c3ccccc3)c2=O)c2c(C)[nH]n(-c3ccccc3)c2=O)C=C1. The van der Waals surface area contributed by atoms with Crippen LogP contribution < -0.4 is 11.1 Å². The summed E-state index contributed by atoms with van der Waals surface area (Å²) < 4.78 is 3.14. The maximum absolute atomic E-state index is 13.9. The average Bonchev–Trinajstić information content (AvgIpc) is 3.36. The van der Waals surface area contributed by atoms with Gasteiger partial charge in [-0.15, -0.1) is 6.58 Å². The predicted octanol–water partition coefficient (Wildman–Crippen LogP) is 5.47. The zero-order valence-electron chi connectivity index (χ0n) is 20.6. The predicted molar refractivity (Wildman–Crippen MR) is 144 cm³/mol. The molecule has 36 heavy (non-hydrogen) atoms. The van der Waals surface area contributed by atoms with Gasteiger partial charge in [-0.3, -0.25) is 19.8 Å². The van der Waals surface area contributed by atoms with E-state index in [2.05, 4.69) is 35.0 Å². The molecule has 1 aliphatic carbocycles. The van der Waals surface area contributed by atoms with Gasteiger partial charge in [0.2, 0.25) is 0 Å². The molecule has 0 bridgehead atoms. The molecule has 6 nitrogen and oxygen atoms in total. The summed E-state index contributed by atoms with van der Waals surface area (Å²) in [6.07, 6.45) is 9.84. The number of nitrogens with one attached hydrogen (secondary N) is 2. The van der Waals surface area contributed by atoms with Gasteiger partial charge in [0.05, 0.1) is 11.4 Å². The first-order valence-electron chi connectivity index (χ1n) is 12.2. The molecule has 2 N–H and O–H groups in total. The Morgan fingerprint density at radius 1 is 0.889 bits per heavy atom. The summed E-state index contributed by atoms with van der Waals surface area (Å²) in [5.41, 5.74) is 5.20. The van der Waals surface area contributed by atoms with Gasteiger partial charge in [0, 0.05) is 28.4 Å². The van der Waals surface area contributed by atoms with Crippen molar-refractivity contribution < 1.29 is 0 Å². The molecule has 0 fully saturated rings. The highest BCUT2D eigenvalue weighted by Gasteiger charge is 2.34. The summed E-state index contributed by atoms with van der Waals surface area (Å²) in [7, 11) is 0. The van der Waals surface area contributed by atoms with Crippen molar-refractivity contribution in [3.8, 4) is 11.4 Å². The van der Waals surface area contributed by atoms with Crippen molar-refractivity contribution in [2.45, 2.75) is 32.6 Å². The van der Waals surface area contributed by atoms with Crippen molar-refractivity contribution in [1.82, 2.24) is 19.6 Å². The summed E-state index contributed by atoms with van der Waals surface area (Å²) >= 11 is 0. The number of nitrogens with zero attached hydrogens (tertiary/aromatic N) is 2. The number of hydrogen-bond acceptors (Lipinski definition) is 2. The number of aryl methyl sites for hydroxylation is 2. The van der Waals surface area contributed by atoms with Crippen molar-refractivity contribution in [2.75, 3.05) is 0 Å². The molecule has 6 heteroatoms. The molecule has 2 aromatic carbocycles. The van der Waals surface area contributed by atoms with Crippen LogP contribution in [-0.2, 0) is 0 Å². The maximum Gasteiger partial charge on any atom is 0.275 e. The van der Waals surface area contributed by atoms with E-state index in [4.69, 9.17) is 0 Å². The summed E-state index contributed by atoms with van der Waals surface area (Å²) in [5.74, 6) is -0.457. The first kappa shape index (κ1) is 23.4. The van der Waals surface area contributed by atoms with Crippen LogP contribution in [0.2, 0.25) is 0 Å². The largest absolute Gasteiger partial charge is 0.295 e. The first-order valence-corrected chi connectivity index (χ1v) is 12.2. The van der Waals surface area contributed by atoms with Gasteiger partial charge < -0.3 is 0 Å². The van der Waals surface area contributed by atoms with E-state index in [1.165, 1.54) is 5.57 Å². The monoisotopic (exact) mass is 478 g/mol. The zero-order valence-corrected chi connectivity index (χ0v) is 20.6. The van der Waals surface area contributed by atoms with Gasteiger partial charge >= 0.3 is 0 Å². The Bertz CT molecular complexity index is 1460. The van der Waals surface area contributed by atoms with Crippen molar-refractivity contribution in [1.29, 1.82) is 0 Å². The van der Waals surface area contributed by atoms with Crippen LogP contribution in [0, 0.1) is 19.8 Å². The number of para-hydroxylation sites is 2. The Morgan fingerprint density at radius 2 is 1.39 bits per heavy atom. The summed E-state index contributed by atoms with van der Waals surface area (Å²) in [5, 5.41) is 6.51. The van der Waals surface area contributed by atoms with E-state index in [0.717, 1.165) is 35.6 Å². The number of allylic oxidation sites excluding steroid dienone is 5. The van der Waals surface area contributed by atoms with Crippen LogP contribution in [0.1, 0.15) is 41.3 Å². The number of aromatic amines is 2. The quantitative estimate of drug-likeness (QED) is 0.346. The van der Waals surface area contributed by atoms with E-state index in [-0.39, 0.29) is 17.0 Å². The van der Waals surface area contributed by atoms with Gasteiger partial charge in [-0.05, 0) is 62.4 Å². The lowest BCUT2D eigenvalue weighted by Crippen LogP contribution is -2.28. The molecule has 0 radical (unpaired) electrons. The number of rotatable bonds is 7. The molecule has 0 amide bonds. The van der Waals surface area contributed by atoms with Crippen LogP contribution in [0.5, 0.6) is 0 Å². The second kappa shape index (κ2) is 9.74. The second-order valence-corrected chi connectivity index (χ2v) is 9.26. The second-order valence-electron chi connectivity index (χ2n) is 9.26. The van der Waals surface area contributed by atoms with E-state index >= 15 is 0 Å². The zero-order chi connectivity index (χ0) is 25.2. The van der Waals surface area contributed by atoms with Crippen molar-refractivity contribution in [3.63, 3.8) is 0 Å². The third kappa shape index (κ3) is 4.15. The lowest BCUT2D eigenvalue weighted by Gasteiger charge is -2.25. The molecular weight excluding hydrogens is 448 g/mol. The number of aromatic nitrogens is 4. The van der Waals surface area contributed by atoms with Crippen LogP contribution in [-0.4, -0.2) is 19.6 Å². The normalized spacial score (nSPS) is 15.3. The Kier molecular flexibility index (Phi) is 6.34. The van der Waals surface area contributed by atoms with Gasteiger partial charge in [-0.2, -0.15) is 0 Å². The van der Waals surface area contributed by atoms with E-state index in [9.17, 15) is 9.59 Å². The highest BCUT2D eigenvalue weighted by molar-refractivity contribution is 5.43. The first-order chi connectivity index (χ1) is 17.5. The standard InChI is InChI=1S/C30H30N4O2/c1-4-11-22-16-18-23(19-17-22)28(26-20(2)31-33(29(26)35)24-12-7-5-8-13-24)27-21(3)32-34(30(27)36)25-14-9-6-10-15-25/h4-10,12-18,23,28,31-32H,1,11,19H2,2-3H3. The lowest BCUT2D eigenvalue weighted by molar-refractivity contribution is 0.559. The fraction of sp³-hybridized carbons (Fsp3) is 0.200. The van der Waals surface area contributed by atoms with E-state index < -0.39 is 5.92 Å². The molecule has 1 atom stereocenters. The van der Waals surface area contributed by atoms with Crippen LogP contribution in [0.25, 0.3) is 11.4 Å². The summed E-state index contributed by atoms with van der Waals surface area (Å²) in [6.45, 7) is 7.66. The van der Waals surface area contributed by atoms with E-state index in [0.29, 0.717) is 11.1 Å². The summed E-state index contributed by atoms with van der Waals surface area (Å²) in [4.78, 5) is 27.7. The Labute approximate surface area is 209 Å². The van der Waals surface area contributed by atoms with Gasteiger partial charge in [0.25, 0.3) is 11.1 Å². The van der Waals surface area contributed by atoms with Crippen LogP contribution in [0.4, 0.5) is 0 Å². The molecule has 4 aromatic rings. The number of hydrogen-bond donors (Lipinski definition) is 2. The topological polar surface area (TPSA) is 75.6 Å². The molecule has 0 spiro atoms. The lowest BCUT2D eigenvalue weighted by atomic mass is 9.77.